The smallest absolute Gasteiger partial charge is 0.263 e. The summed E-state index contributed by atoms with van der Waals surface area (Å²) in [5.74, 6) is -1.28. The predicted molar refractivity (Wildman–Crippen MR) is 108 cm³/mol. The molecule has 9 heteroatoms. The van der Waals surface area contributed by atoms with Gasteiger partial charge >= 0.3 is 0 Å². The van der Waals surface area contributed by atoms with Crippen LogP contribution in [0, 0.1) is 13.8 Å². The van der Waals surface area contributed by atoms with E-state index in [-0.39, 0.29) is 12.5 Å². The third kappa shape index (κ3) is 3.47. The summed E-state index contributed by atoms with van der Waals surface area (Å²) in [4.78, 5) is 39.1. The number of hydrogen-bond acceptors (Lipinski definition) is 6. The summed E-state index contributed by atoms with van der Waals surface area (Å²) in [6, 6.07) is 10.1. The molecule has 0 saturated carbocycles. The summed E-state index contributed by atoms with van der Waals surface area (Å²) in [6.07, 6.45) is 0. The summed E-state index contributed by atoms with van der Waals surface area (Å²) in [5.41, 5.74) is 3.24. The number of nitrogens with one attached hydrogen (secondary N) is 1. The molecule has 2 aliphatic heterocycles. The number of anilines is 2. The van der Waals surface area contributed by atoms with Crippen molar-refractivity contribution < 1.29 is 14.4 Å². The zero-order chi connectivity index (χ0) is 20.7. The number of aryl methyl sites for hydroxylation is 2. The maximum Gasteiger partial charge on any atom is 0.263 e. The van der Waals surface area contributed by atoms with E-state index in [0.717, 1.165) is 16.0 Å². The molecule has 1 fully saturated rings. The summed E-state index contributed by atoms with van der Waals surface area (Å²) in [6.45, 7) is 3.75. The van der Waals surface area contributed by atoms with Crippen LogP contribution < -0.4 is 10.2 Å². The molecule has 29 heavy (non-hydrogen) atoms. The lowest BCUT2D eigenvalue weighted by Crippen LogP contribution is -2.43. The lowest BCUT2D eigenvalue weighted by molar-refractivity contribution is -0.123. The van der Waals surface area contributed by atoms with Gasteiger partial charge in [0.2, 0.25) is 5.91 Å². The average Bonchev–Trinajstić information content (AvgIpc) is 3.19. The molecule has 2 atom stereocenters. The lowest BCUT2D eigenvalue weighted by atomic mass is 10.1. The predicted octanol–water partition coefficient (Wildman–Crippen LogP) is 2.89. The summed E-state index contributed by atoms with van der Waals surface area (Å²) in [7, 11) is 0. The molecular weight excluding hydrogens is 394 g/mol. The number of benzene rings is 2. The highest BCUT2D eigenvalue weighted by Crippen LogP contribution is 2.32. The number of nitrogens with zero attached hydrogens (tertiary/aromatic N) is 4. The van der Waals surface area contributed by atoms with Gasteiger partial charge < -0.3 is 5.32 Å². The minimum absolute atomic E-state index is 0.189. The van der Waals surface area contributed by atoms with Crippen LogP contribution in [0.3, 0.4) is 0 Å². The maximum atomic E-state index is 12.9. The molecule has 0 aliphatic carbocycles. The maximum absolute atomic E-state index is 12.9. The van der Waals surface area contributed by atoms with Crippen molar-refractivity contribution in [1.82, 2.24) is 5.01 Å². The van der Waals surface area contributed by atoms with Gasteiger partial charge in [-0.1, -0.05) is 22.9 Å². The molecule has 8 nitrogen and oxygen atoms in total. The topological polar surface area (TPSA) is 94.4 Å². The molecule has 4 rings (SSSR count). The van der Waals surface area contributed by atoms with Gasteiger partial charge in [0.25, 0.3) is 11.8 Å². The second-order valence-corrected chi connectivity index (χ2v) is 7.46. The van der Waals surface area contributed by atoms with Gasteiger partial charge in [0, 0.05) is 10.7 Å². The second-order valence-electron chi connectivity index (χ2n) is 7.03. The molecule has 0 radical (unpaired) electrons. The van der Waals surface area contributed by atoms with Gasteiger partial charge in [0.15, 0.2) is 12.1 Å². The third-order valence-electron chi connectivity index (χ3n) is 5.04. The van der Waals surface area contributed by atoms with E-state index >= 15 is 0 Å². The van der Waals surface area contributed by atoms with Crippen LogP contribution in [0.15, 0.2) is 52.8 Å². The Morgan fingerprint density at radius 3 is 2.48 bits per heavy atom. The minimum atomic E-state index is -0.951. The largest absolute Gasteiger partial charge is 0.324 e. The average molecular weight is 412 g/mol. The van der Waals surface area contributed by atoms with Crippen LogP contribution in [-0.4, -0.2) is 41.4 Å². The Labute approximate surface area is 172 Å². The van der Waals surface area contributed by atoms with Crippen molar-refractivity contribution in [3.8, 4) is 0 Å². The van der Waals surface area contributed by atoms with Crippen LogP contribution in [-0.2, 0) is 14.4 Å². The van der Waals surface area contributed by atoms with Crippen LogP contribution in [0.4, 0.5) is 11.4 Å². The van der Waals surface area contributed by atoms with Crippen molar-refractivity contribution in [2.24, 2.45) is 10.3 Å². The molecule has 1 saturated heterocycles. The van der Waals surface area contributed by atoms with Crippen molar-refractivity contribution in [1.29, 1.82) is 0 Å². The van der Waals surface area contributed by atoms with Crippen LogP contribution in [0.2, 0.25) is 5.02 Å². The molecule has 0 aromatic heterocycles. The monoisotopic (exact) mass is 411 g/mol. The first-order chi connectivity index (χ1) is 13.8. The Kier molecular flexibility index (Phi) is 4.79. The number of imide groups is 1. The first kappa shape index (κ1) is 19.1. The number of carbonyl (C=O) groups excluding carboxylic acids is 3. The van der Waals surface area contributed by atoms with Gasteiger partial charge in [-0.3, -0.25) is 19.4 Å². The van der Waals surface area contributed by atoms with Crippen molar-refractivity contribution in [2.75, 3.05) is 16.8 Å². The zero-order valence-corrected chi connectivity index (χ0v) is 16.6. The number of hydrogen-bond donors (Lipinski definition) is 1. The SMILES string of the molecule is Cc1ccc(NC(=O)CN2N=N[C@H]3C(=O)N(c4ccc(Cl)cc4)C(=O)[C@@H]32)cc1C. The quantitative estimate of drug-likeness (QED) is 0.782. The van der Waals surface area contributed by atoms with E-state index in [1.54, 1.807) is 30.3 Å². The number of halogens is 1. The lowest BCUT2D eigenvalue weighted by Gasteiger charge is -2.20. The van der Waals surface area contributed by atoms with Crippen LogP contribution in [0.5, 0.6) is 0 Å². The summed E-state index contributed by atoms with van der Waals surface area (Å²) >= 11 is 5.88. The van der Waals surface area contributed by atoms with Gasteiger partial charge in [-0.25, -0.2) is 4.90 Å². The molecule has 0 spiro atoms. The molecule has 2 aromatic carbocycles. The number of fused-ring (bicyclic) bond motifs is 1. The standard InChI is InChI=1S/C20H18ClN5O3/c1-11-3-6-14(9-12(11)2)22-16(27)10-25-18-17(23-24-25)19(28)26(20(18)29)15-7-4-13(21)5-8-15/h3-9,17-18H,10H2,1-2H3,(H,22,27)/t17-,18-/m1/s1. The highest BCUT2D eigenvalue weighted by molar-refractivity contribution is 6.31. The third-order valence-corrected chi connectivity index (χ3v) is 5.29. The first-order valence-corrected chi connectivity index (χ1v) is 9.41. The number of rotatable bonds is 4. The van der Waals surface area contributed by atoms with E-state index in [2.05, 4.69) is 15.7 Å². The normalized spacial score (nSPS) is 20.4. The number of carbonyl (C=O) groups is 3. The van der Waals surface area contributed by atoms with Crippen LogP contribution in [0.1, 0.15) is 11.1 Å². The number of amides is 3. The molecule has 1 N–H and O–H groups in total. The van der Waals surface area contributed by atoms with Gasteiger partial charge in [-0.05, 0) is 61.4 Å². The minimum Gasteiger partial charge on any atom is -0.324 e. The molecule has 0 bridgehead atoms. The highest BCUT2D eigenvalue weighted by atomic mass is 35.5. The van der Waals surface area contributed by atoms with Gasteiger partial charge in [-0.15, -0.1) is 0 Å². The van der Waals surface area contributed by atoms with Crippen molar-refractivity contribution in [3.63, 3.8) is 0 Å². The van der Waals surface area contributed by atoms with E-state index in [1.807, 2.05) is 26.0 Å². The van der Waals surface area contributed by atoms with Gasteiger partial charge in [0.1, 0.15) is 6.54 Å². The van der Waals surface area contributed by atoms with Crippen molar-refractivity contribution in [2.45, 2.75) is 25.9 Å². The van der Waals surface area contributed by atoms with Crippen LogP contribution in [0.25, 0.3) is 0 Å². The van der Waals surface area contributed by atoms with E-state index in [4.69, 9.17) is 11.6 Å². The molecule has 3 amide bonds. The summed E-state index contributed by atoms with van der Waals surface area (Å²) in [5, 5.41) is 12.4. The van der Waals surface area contributed by atoms with E-state index in [0.29, 0.717) is 16.4 Å². The van der Waals surface area contributed by atoms with E-state index < -0.39 is 23.9 Å². The molecule has 148 valence electrons. The molecular formula is C20H18ClN5O3. The Bertz CT molecular complexity index is 1040. The van der Waals surface area contributed by atoms with E-state index in [1.165, 1.54) is 5.01 Å². The van der Waals surface area contributed by atoms with Gasteiger partial charge in [0.05, 0.1) is 5.69 Å². The molecule has 2 heterocycles. The van der Waals surface area contributed by atoms with Gasteiger partial charge in [-0.2, -0.15) is 5.11 Å². The molecule has 2 aromatic rings. The van der Waals surface area contributed by atoms with Crippen molar-refractivity contribution >= 4 is 40.7 Å². The fourth-order valence-corrected chi connectivity index (χ4v) is 3.49. The Morgan fingerprint density at radius 2 is 1.79 bits per heavy atom. The fourth-order valence-electron chi connectivity index (χ4n) is 3.37. The van der Waals surface area contributed by atoms with Crippen molar-refractivity contribution in [3.05, 3.63) is 58.6 Å². The Balaban J connectivity index is 1.48. The first-order valence-electron chi connectivity index (χ1n) is 9.03. The Morgan fingerprint density at radius 1 is 1.07 bits per heavy atom. The highest BCUT2D eigenvalue weighted by Gasteiger charge is 2.55. The molecule has 0 unspecified atom stereocenters. The van der Waals surface area contributed by atoms with Crippen LogP contribution >= 0.6 is 11.6 Å². The Hall–Kier alpha value is -3.26. The second kappa shape index (κ2) is 7.29. The molecule has 2 aliphatic rings. The van der Waals surface area contributed by atoms with E-state index in [9.17, 15) is 14.4 Å². The fraction of sp³-hybridized carbons (Fsp3) is 0.250. The zero-order valence-electron chi connectivity index (χ0n) is 15.8. The summed E-state index contributed by atoms with van der Waals surface area (Å²) < 4.78 is 0.